The maximum Gasteiger partial charge on any atom is 0.234 e. The molecule has 9 nitrogen and oxygen atoms in total. The Balaban J connectivity index is 1.26. The van der Waals surface area contributed by atoms with Crippen molar-refractivity contribution in [1.29, 1.82) is 0 Å². The number of fused-ring (bicyclic) bond motifs is 1. The normalized spacial score (nSPS) is 11.9. The van der Waals surface area contributed by atoms with Crippen LogP contribution in [0.1, 0.15) is 12.2 Å². The fourth-order valence-electron chi connectivity index (χ4n) is 2.99. The highest BCUT2D eigenvalue weighted by atomic mass is 35.5. The number of carbonyl (C=O) groups is 2. The Morgan fingerprint density at radius 2 is 1.91 bits per heavy atom. The molecule has 0 spiro atoms. The van der Waals surface area contributed by atoms with E-state index in [-0.39, 0.29) is 30.8 Å². The molecule has 2 heterocycles. The molecule has 4 rings (SSSR count). The summed E-state index contributed by atoms with van der Waals surface area (Å²) in [4.78, 5) is 24.5. The fraction of sp³-hybridized carbons (Fsp3) is 0.238. The van der Waals surface area contributed by atoms with Crippen LogP contribution in [0.5, 0.6) is 11.5 Å². The van der Waals surface area contributed by atoms with E-state index < -0.39 is 0 Å². The molecular formula is C21H20ClN5O4S. The second kappa shape index (κ2) is 9.92. The molecule has 3 aromatic rings. The quantitative estimate of drug-likeness (QED) is 0.482. The van der Waals surface area contributed by atoms with E-state index >= 15 is 0 Å². The van der Waals surface area contributed by atoms with Crippen LogP contribution in [-0.4, -0.2) is 39.1 Å². The summed E-state index contributed by atoms with van der Waals surface area (Å²) in [6.45, 7) is 0.179. The Kier molecular flexibility index (Phi) is 6.81. The first-order valence-corrected chi connectivity index (χ1v) is 11.1. The molecule has 11 heteroatoms. The maximum atomic E-state index is 12.3. The van der Waals surface area contributed by atoms with Gasteiger partial charge in [-0.1, -0.05) is 35.5 Å². The van der Waals surface area contributed by atoms with Crippen LogP contribution in [0.2, 0.25) is 5.02 Å². The lowest BCUT2D eigenvalue weighted by Crippen LogP contribution is -2.15. The average molecular weight is 474 g/mol. The summed E-state index contributed by atoms with van der Waals surface area (Å²) in [5.74, 6) is 1.72. The molecule has 0 saturated carbocycles. The number of hydrogen-bond donors (Lipinski definition) is 2. The van der Waals surface area contributed by atoms with Gasteiger partial charge < -0.3 is 24.7 Å². The fourth-order valence-corrected chi connectivity index (χ4v) is 3.90. The zero-order chi connectivity index (χ0) is 22.5. The number of halogens is 1. The molecule has 1 aliphatic heterocycles. The van der Waals surface area contributed by atoms with E-state index in [0.717, 1.165) is 0 Å². The summed E-state index contributed by atoms with van der Waals surface area (Å²) in [5, 5.41) is 14.9. The van der Waals surface area contributed by atoms with Crippen LogP contribution >= 0.6 is 23.4 Å². The van der Waals surface area contributed by atoms with Crippen LogP contribution in [0.25, 0.3) is 0 Å². The summed E-state index contributed by atoms with van der Waals surface area (Å²) in [6.07, 6.45) is 0.635. The SMILES string of the molecule is Cn1c(CCC(=O)Nc2ccccc2Cl)nnc1SCC(=O)Nc1ccc2c(c1)OCO2. The largest absolute Gasteiger partial charge is 0.454 e. The third-order valence-electron chi connectivity index (χ3n) is 4.64. The topological polar surface area (TPSA) is 107 Å². The van der Waals surface area contributed by atoms with E-state index in [1.807, 2.05) is 0 Å². The number of amides is 2. The predicted octanol–water partition coefficient (Wildman–Crippen LogP) is 3.50. The first kappa shape index (κ1) is 22.0. The van der Waals surface area contributed by atoms with Gasteiger partial charge in [-0.15, -0.1) is 10.2 Å². The van der Waals surface area contributed by atoms with Gasteiger partial charge in [0, 0.05) is 31.6 Å². The van der Waals surface area contributed by atoms with Crippen LogP contribution in [0, 0.1) is 0 Å². The monoisotopic (exact) mass is 473 g/mol. The van der Waals surface area contributed by atoms with Crippen molar-refractivity contribution in [1.82, 2.24) is 14.8 Å². The minimum atomic E-state index is -0.183. The standard InChI is InChI=1S/C21H20ClN5O4S/c1-27-18(8-9-19(28)24-15-5-3-2-4-14(15)22)25-26-21(27)32-11-20(29)23-13-6-7-16-17(10-13)31-12-30-16/h2-7,10H,8-9,11-12H2,1H3,(H,23,29)(H,24,28). The van der Waals surface area contributed by atoms with E-state index in [0.29, 0.717) is 45.3 Å². The first-order valence-electron chi connectivity index (χ1n) is 9.74. The first-order chi connectivity index (χ1) is 15.5. The number of aromatic nitrogens is 3. The molecule has 0 unspecified atom stereocenters. The molecule has 0 saturated heterocycles. The van der Waals surface area contributed by atoms with Crippen LogP contribution in [0.15, 0.2) is 47.6 Å². The number of hydrogen-bond acceptors (Lipinski definition) is 7. The smallest absolute Gasteiger partial charge is 0.234 e. The highest BCUT2D eigenvalue weighted by molar-refractivity contribution is 7.99. The molecule has 166 valence electrons. The van der Waals surface area contributed by atoms with Gasteiger partial charge in [0.25, 0.3) is 0 Å². The summed E-state index contributed by atoms with van der Waals surface area (Å²) in [7, 11) is 1.80. The van der Waals surface area contributed by atoms with Gasteiger partial charge in [-0.25, -0.2) is 0 Å². The van der Waals surface area contributed by atoms with E-state index in [9.17, 15) is 9.59 Å². The third kappa shape index (κ3) is 5.32. The number of ether oxygens (including phenoxy) is 2. The lowest BCUT2D eigenvalue weighted by molar-refractivity contribution is -0.116. The zero-order valence-corrected chi connectivity index (χ0v) is 18.7. The molecule has 2 amide bonds. The number of carbonyl (C=O) groups excluding carboxylic acids is 2. The van der Waals surface area contributed by atoms with Crippen molar-refractivity contribution >= 4 is 46.6 Å². The van der Waals surface area contributed by atoms with E-state index in [1.165, 1.54) is 11.8 Å². The van der Waals surface area contributed by atoms with Gasteiger partial charge in [-0.2, -0.15) is 0 Å². The Morgan fingerprint density at radius 1 is 1.09 bits per heavy atom. The van der Waals surface area contributed by atoms with Crippen molar-refractivity contribution in [2.75, 3.05) is 23.2 Å². The van der Waals surface area contributed by atoms with Crippen molar-refractivity contribution in [2.24, 2.45) is 7.05 Å². The lowest BCUT2D eigenvalue weighted by Gasteiger charge is -2.07. The van der Waals surface area contributed by atoms with Crippen LogP contribution in [-0.2, 0) is 23.1 Å². The van der Waals surface area contributed by atoms with Gasteiger partial charge >= 0.3 is 0 Å². The van der Waals surface area contributed by atoms with Crippen molar-refractivity contribution in [2.45, 2.75) is 18.0 Å². The van der Waals surface area contributed by atoms with Gasteiger partial charge in [-0.3, -0.25) is 9.59 Å². The summed E-state index contributed by atoms with van der Waals surface area (Å²) < 4.78 is 12.4. The van der Waals surface area contributed by atoms with Crippen LogP contribution < -0.4 is 20.1 Å². The number of thioether (sulfide) groups is 1. The second-order valence-corrected chi connectivity index (χ2v) is 8.24. The maximum absolute atomic E-state index is 12.3. The van der Waals surface area contributed by atoms with Crippen molar-refractivity contribution in [3.63, 3.8) is 0 Å². The molecule has 0 aliphatic carbocycles. The average Bonchev–Trinajstić information content (AvgIpc) is 3.38. The Labute approximate surface area is 193 Å². The third-order valence-corrected chi connectivity index (χ3v) is 5.99. The lowest BCUT2D eigenvalue weighted by atomic mass is 10.2. The minimum absolute atomic E-state index is 0.160. The molecule has 32 heavy (non-hydrogen) atoms. The highest BCUT2D eigenvalue weighted by Crippen LogP contribution is 2.34. The minimum Gasteiger partial charge on any atom is -0.454 e. The summed E-state index contributed by atoms with van der Waals surface area (Å²) in [6, 6.07) is 12.3. The number of para-hydroxylation sites is 1. The van der Waals surface area contributed by atoms with Gasteiger partial charge in [-0.05, 0) is 24.3 Å². The highest BCUT2D eigenvalue weighted by Gasteiger charge is 2.16. The van der Waals surface area contributed by atoms with Crippen molar-refractivity contribution in [3.05, 3.63) is 53.3 Å². The molecular weight excluding hydrogens is 454 g/mol. The second-order valence-electron chi connectivity index (χ2n) is 6.89. The predicted molar refractivity (Wildman–Crippen MR) is 121 cm³/mol. The molecule has 1 aliphatic rings. The molecule has 0 bridgehead atoms. The molecule has 0 radical (unpaired) electrons. The van der Waals surface area contributed by atoms with E-state index in [1.54, 1.807) is 54.1 Å². The van der Waals surface area contributed by atoms with Gasteiger partial charge in [0.15, 0.2) is 16.7 Å². The Morgan fingerprint density at radius 3 is 2.75 bits per heavy atom. The Bertz CT molecular complexity index is 1150. The molecule has 1 aromatic heterocycles. The number of rotatable bonds is 8. The van der Waals surface area contributed by atoms with Crippen LogP contribution in [0.4, 0.5) is 11.4 Å². The number of anilines is 2. The van der Waals surface area contributed by atoms with Gasteiger partial charge in [0.2, 0.25) is 18.6 Å². The summed E-state index contributed by atoms with van der Waals surface area (Å²) in [5.41, 5.74) is 1.20. The number of nitrogens with one attached hydrogen (secondary N) is 2. The molecule has 2 N–H and O–H groups in total. The van der Waals surface area contributed by atoms with Crippen LogP contribution in [0.3, 0.4) is 0 Å². The molecule has 0 atom stereocenters. The molecule has 0 fully saturated rings. The number of benzene rings is 2. The number of aryl methyl sites for hydroxylation is 1. The summed E-state index contributed by atoms with van der Waals surface area (Å²) >= 11 is 7.32. The van der Waals surface area contributed by atoms with Crippen molar-refractivity contribution in [3.8, 4) is 11.5 Å². The van der Waals surface area contributed by atoms with E-state index in [2.05, 4.69) is 20.8 Å². The van der Waals surface area contributed by atoms with Crippen molar-refractivity contribution < 1.29 is 19.1 Å². The molecule has 2 aromatic carbocycles. The number of nitrogens with zero attached hydrogens (tertiary/aromatic N) is 3. The zero-order valence-electron chi connectivity index (χ0n) is 17.1. The van der Waals surface area contributed by atoms with E-state index in [4.69, 9.17) is 21.1 Å². The Hall–Kier alpha value is -3.24. The van der Waals surface area contributed by atoms with Gasteiger partial charge in [0.1, 0.15) is 5.82 Å². The van der Waals surface area contributed by atoms with Gasteiger partial charge in [0.05, 0.1) is 16.5 Å².